The van der Waals surface area contributed by atoms with Crippen LogP contribution in [0, 0.1) is 12.8 Å². The number of aromatic nitrogens is 1. The van der Waals surface area contributed by atoms with Crippen LogP contribution in [0.4, 0.5) is 5.69 Å². The van der Waals surface area contributed by atoms with Crippen molar-refractivity contribution in [2.24, 2.45) is 5.92 Å². The highest BCUT2D eigenvalue weighted by Gasteiger charge is 2.12. The summed E-state index contributed by atoms with van der Waals surface area (Å²) in [5, 5.41) is 8.87. The number of nitrogens with zero attached hydrogens (tertiary/aromatic N) is 2. The highest BCUT2D eigenvalue weighted by molar-refractivity contribution is 5.77. The van der Waals surface area contributed by atoms with Gasteiger partial charge in [-0.1, -0.05) is 6.92 Å². The molecule has 1 N–H and O–H groups in total. The lowest BCUT2D eigenvalue weighted by Crippen LogP contribution is -2.22. The average molecular weight is 262 g/mol. The Hall–Kier alpha value is -2.04. The molecule has 1 unspecified atom stereocenters. The zero-order valence-corrected chi connectivity index (χ0v) is 11.4. The molecule has 0 saturated heterocycles. The summed E-state index contributed by atoms with van der Waals surface area (Å²) >= 11 is 0. The molecule has 2 rings (SSSR count). The molecule has 1 aromatic heterocycles. The number of aliphatic carboxylic acids is 1. The summed E-state index contributed by atoms with van der Waals surface area (Å²) in [6.07, 6.45) is 0.610. The van der Waals surface area contributed by atoms with Crippen molar-refractivity contribution in [1.29, 1.82) is 0 Å². The molecule has 0 radical (unpaired) electrons. The van der Waals surface area contributed by atoms with Crippen LogP contribution in [0.3, 0.4) is 0 Å². The number of aryl methyl sites for hydroxylation is 1. The van der Waals surface area contributed by atoms with Gasteiger partial charge in [-0.3, -0.25) is 4.79 Å². The molecule has 0 fully saturated rings. The van der Waals surface area contributed by atoms with Crippen LogP contribution in [-0.2, 0) is 4.79 Å². The molecule has 2 aromatic rings. The van der Waals surface area contributed by atoms with Gasteiger partial charge in [0.2, 0.25) is 0 Å². The first kappa shape index (κ1) is 13.4. The Morgan fingerprint density at radius 1 is 1.53 bits per heavy atom. The van der Waals surface area contributed by atoms with E-state index >= 15 is 0 Å². The summed E-state index contributed by atoms with van der Waals surface area (Å²) in [7, 11) is 1.94. The van der Waals surface area contributed by atoms with E-state index in [-0.39, 0.29) is 5.92 Å². The normalized spacial score (nSPS) is 12.6. The smallest absolute Gasteiger partial charge is 0.306 e. The van der Waals surface area contributed by atoms with E-state index in [0.29, 0.717) is 18.9 Å². The molecule has 0 saturated carbocycles. The third kappa shape index (κ3) is 3.05. The van der Waals surface area contributed by atoms with Crippen molar-refractivity contribution in [3.63, 3.8) is 0 Å². The summed E-state index contributed by atoms with van der Waals surface area (Å²) in [5.74, 6) is -0.442. The van der Waals surface area contributed by atoms with Gasteiger partial charge in [-0.05, 0) is 18.6 Å². The third-order valence-corrected chi connectivity index (χ3v) is 3.24. The first-order chi connectivity index (χ1) is 8.97. The molecule has 0 bridgehead atoms. The van der Waals surface area contributed by atoms with Gasteiger partial charge >= 0.3 is 5.97 Å². The van der Waals surface area contributed by atoms with Crippen LogP contribution in [0.1, 0.15) is 19.2 Å². The molecule has 5 heteroatoms. The van der Waals surface area contributed by atoms with Crippen LogP contribution >= 0.6 is 0 Å². The standard InChI is InChI=1S/C14H18N2O3/c1-9(14(17)18)6-7-16(3)11-4-5-12-13(8-11)19-10(2)15-12/h4-5,8-9H,6-7H2,1-3H3,(H,17,18). The predicted octanol–water partition coefficient (Wildman–Crippen LogP) is 2.68. The lowest BCUT2D eigenvalue weighted by atomic mass is 10.1. The summed E-state index contributed by atoms with van der Waals surface area (Å²) in [5.41, 5.74) is 2.60. The van der Waals surface area contributed by atoms with Crippen LogP contribution < -0.4 is 4.90 Å². The molecule has 1 aromatic carbocycles. The second-order valence-electron chi connectivity index (χ2n) is 4.83. The Morgan fingerprint density at radius 2 is 2.26 bits per heavy atom. The first-order valence-electron chi connectivity index (χ1n) is 6.28. The van der Waals surface area contributed by atoms with Crippen molar-refractivity contribution in [3.05, 3.63) is 24.1 Å². The van der Waals surface area contributed by atoms with E-state index in [1.54, 1.807) is 6.92 Å². The van der Waals surface area contributed by atoms with Gasteiger partial charge in [0.05, 0.1) is 5.92 Å². The van der Waals surface area contributed by atoms with Crippen molar-refractivity contribution >= 4 is 22.8 Å². The van der Waals surface area contributed by atoms with Crippen molar-refractivity contribution < 1.29 is 14.3 Å². The van der Waals surface area contributed by atoms with Crippen molar-refractivity contribution in [3.8, 4) is 0 Å². The zero-order chi connectivity index (χ0) is 14.0. The Morgan fingerprint density at radius 3 is 2.95 bits per heavy atom. The number of rotatable bonds is 5. The molecule has 0 aliphatic carbocycles. The van der Waals surface area contributed by atoms with Crippen LogP contribution in [0.5, 0.6) is 0 Å². The quantitative estimate of drug-likeness (QED) is 0.897. The molecule has 0 spiro atoms. The molecule has 102 valence electrons. The predicted molar refractivity (Wildman–Crippen MR) is 73.4 cm³/mol. The van der Waals surface area contributed by atoms with Gasteiger partial charge in [-0.15, -0.1) is 0 Å². The molecule has 1 atom stereocenters. The Kier molecular flexibility index (Phi) is 3.74. The number of oxazole rings is 1. The summed E-state index contributed by atoms with van der Waals surface area (Å²) in [6, 6.07) is 5.81. The number of hydrogen-bond donors (Lipinski definition) is 1. The average Bonchev–Trinajstić information content (AvgIpc) is 2.74. The molecular formula is C14H18N2O3. The monoisotopic (exact) mass is 262 g/mol. The molecule has 5 nitrogen and oxygen atoms in total. The van der Waals surface area contributed by atoms with Gasteiger partial charge in [-0.2, -0.15) is 0 Å². The summed E-state index contributed by atoms with van der Waals surface area (Å²) in [6.45, 7) is 4.23. The fourth-order valence-corrected chi connectivity index (χ4v) is 1.91. The third-order valence-electron chi connectivity index (χ3n) is 3.24. The van der Waals surface area contributed by atoms with Crippen molar-refractivity contribution in [1.82, 2.24) is 4.98 Å². The number of carboxylic acid groups (broad SMARTS) is 1. The maximum atomic E-state index is 10.8. The van der Waals surface area contributed by atoms with Gasteiger partial charge in [0.1, 0.15) is 5.52 Å². The Bertz CT molecular complexity index is 591. The zero-order valence-electron chi connectivity index (χ0n) is 11.4. The summed E-state index contributed by atoms with van der Waals surface area (Å²) in [4.78, 5) is 17.1. The number of anilines is 1. The molecule has 0 aliphatic rings. The van der Waals surface area contributed by atoms with E-state index in [9.17, 15) is 4.79 Å². The highest BCUT2D eigenvalue weighted by atomic mass is 16.4. The Labute approximate surface area is 111 Å². The molecule has 0 aliphatic heterocycles. The molecule has 1 heterocycles. The second-order valence-corrected chi connectivity index (χ2v) is 4.83. The maximum absolute atomic E-state index is 10.8. The van der Waals surface area contributed by atoms with Crippen molar-refractivity contribution in [2.75, 3.05) is 18.5 Å². The largest absolute Gasteiger partial charge is 0.481 e. The van der Waals surface area contributed by atoms with Crippen LogP contribution in [0.2, 0.25) is 0 Å². The van der Waals surface area contributed by atoms with Gasteiger partial charge in [0, 0.05) is 32.3 Å². The van der Waals surface area contributed by atoms with E-state index in [1.165, 1.54) is 0 Å². The van der Waals surface area contributed by atoms with Gasteiger partial charge in [-0.25, -0.2) is 4.98 Å². The molecule has 19 heavy (non-hydrogen) atoms. The van der Waals surface area contributed by atoms with Gasteiger partial charge < -0.3 is 14.4 Å². The van der Waals surface area contributed by atoms with Crippen LogP contribution in [-0.4, -0.2) is 29.7 Å². The van der Waals surface area contributed by atoms with E-state index in [2.05, 4.69) is 4.98 Å². The van der Waals surface area contributed by atoms with Crippen LogP contribution in [0.15, 0.2) is 22.6 Å². The van der Waals surface area contributed by atoms with E-state index in [1.807, 2.05) is 37.1 Å². The minimum Gasteiger partial charge on any atom is -0.481 e. The molecular weight excluding hydrogens is 244 g/mol. The minimum absolute atomic E-state index is 0.335. The fraction of sp³-hybridized carbons (Fsp3) is 0.429. The lowest BCUT2D eigenvalue weighted by Gasteiger charge is -2.20. The topological polar surface area (TPSA) is 66.6 Å². The van der Waals surface area contributed by atoms with Gasteiger partial charge in [0.25, 0.3) is 0 Å². The summed E-state index contributed by atoms with van der Waals surface area (Å²) < 4.78 is 5.49. The second kappa shape index (κ2) is 5.30. The van der Waals surface area contributed by atoms with Crippen molar-refractivity contribution in [2.45, 2.75) is 20.3 Å². The van der Waals surface area contributed by atoms with Gasteiger partial charge in [0.15, 0.2) is 11.5 Å². The number of fused-ring (bicyclic) bond motifs is 1. The minimum atomic E-state index is -0.755. The number of hydrogen-bond acceptors (Lipinski definition) is 4. The lowest BCUT2D eigenvalue weighted by molar-refractivity contribution is -0.141. The number of carbonyl (C=O) groups is 1. The maximum Gasteiger partial charge on any atom is 0.306 e. The first-order valence-corrected chi connectivity index (χ1v) is 6.28. The Balaban J connectivity index is 2.08. The van der Waals surface area contributed by atoms with E-state index in [4.69, 9.17) is 9.52 Å². The molecule has 0 amide bonds. The highest BCUT2D eigenvalue weighted by Crippen LogP contribution is 2.22. The fourth-order valence-electron chi connectivity index (χ4n) is 1.91. The SMILES string of the molecule is Cc1nc2ccc(N(C)CCC(C)C(=O)O)cc2o1. The van der Waals surface area contributed by atoms with E-state index in [0.717, 1.165) is 16.8 Å². The van der Waals surface area contributed by atoms with E-state index < -0.39 is 5.97 Å². The van der Waals surface area contributed by atoms with Crippen LogP contribution in [0.25, 0.3) is 11.1 Å². The number of carboxylic acids is 1. The number of benzene rings is 1.